The lowest BCUT2D eigenvalue weighted by Crippen LogP contribution is -1.82. The highest BCUT2D eigenvalue weighted by molar-refractivity contribution is 9.08. The Balaban J connectivity index is 3.14. The van der Waals surface area contributed by atoms with E-state index in [1.54, 1.807) is 0 Å². The number of nitrogens with zero attached hydrogens (tertiary/aromatic N) is 3. The topological polar surface area (TPSA) is 48.8 Å². The van der Waals surface area contributed by atoms with Crippen LogP contribution in [0.25, 0.3) is 10.4 Å². The van der Waals surface area contributed by atoms with Crippen LogP contribution in [-0.2, 0) is 10.7 Å². The maximum atomic E-state index is 8.28. The lowest BCUT2D eigenvalue weighted by Gasteiger charge is -2.01. The summed E-state index contributed by atoms with van der Waals surface area (Å²) in [4.78, 5) is 2.75. The maximum absolute atomic E-state index is 8.28. The molecular weight excluding hydrogens is 298 g/mol. The first-order chi connectivity index (χ1) is 6.30. The van der Waals surface area contributed by atoms with Crippen LogP contribution in [0.2, 0.25) is 0 Å². The zero-order chi connectivity index (χ0) is 9.68. The molecule has 1 aromatic rings. The Kier molecular flexibility index (Phi) is 4.28. The Hall–Kier alpha value is -0.510. The second kappa shape index (κ2) is 5.27. The van der Waals surface area contributed by atoms with E-state index in [9.17, 15) is 0 Å². The molecule has 0 aliphatic heterocycles. The fourth-order valence-electron chi connectivity index (χ4n) is 1.01. The van der Waals surface area contributed by atoms with E-state index in [1.165, 1.54) is 0 Å². The summed E-state index contributed by atoms with van der Waals surface area (Å²) in [6, 6.07) is 5.78. The first-order valence-electron chi connectivity index (χ1n) is 3.60. The van der Waals surface area contributed by atoms with Crippen molar-refractivity contribution in [2.75, 3.05) is 0 Å². The smallest absolute Gasteiger partial charge is 0.0381 e. The molecule has 1 rings (SSSR count). The minimum atomic E-state index is 0.661. The van der Waals surface area contributed by atoms with Gasteiger partial charge in [0.15, 0.2) is 0 Å². The maximum Gasteiger partial charge on any atom is 0.0381 e. The lowest BCUT2D eigenvalue weighted by atomic mass is 10.1. The molecule has 0 amide bonds. The number of hydrogen-bond donors (Lipinski definition) is 0. The molecule has 1 aromatic carbocycles. The van der Waals surface area contributed by atoms with Crippen LogP contribution in [0.15, 0.2) is 23.3 Å². The summed E-state index contributed by atoms with van der Waals surface area (Å²) in [5.41, 5.74) is 11.2. The highest BCUT2D eigenvalue weighted by Crippen LogP contribution is 2.21. The summed E-state index contributed by atoms with van der Waals surface area (Å²) in [6.07, 6.45) is 0. The molecule has 0 N–H and O–H groups in total. The van der Waals surface area contributed by atoms with Gasteiger partial charge >= 0.3 is 0 Å². The van der Waals surface area contributed by atoms with Crippen molar-refractivity contribution in [2.24, 2.45) is 5.11 Å². The van der Waals surface area contributed by atoms with Crippen molar-refractivity contribution in [2.45, 2.75) is 10.7 Å². The predicted octanol–water partition coefficient (Wildman–Crippen LogP) is 4.42. The predicted molar refractivity (Wildman–Crippen MR) is 60.5 cm³/mol. The standard InChI is InChI=1S/C8H7Br2N3/c9-4-6-1-7(5-10)3-8(2-6)12-13-11/h1-3H,4-5H2. The van der Waals surface area contributed by atoms with Crippen molar-refractivity contribution in [3.8, 4) is 0 Å². The summed E-state index contributed by atoms with van der Waals surface area (Å²) in [5, 5.41) is 5.09. The third kappa shape index (κ3) is 3.03. The van der Waals surface area contributed by atoms with Gasteiger partial charge in [0.1, 0.15) is 0 Å². The fourth-order valence-corrected chi connectivity index (χ4v) is 1.65. The highest BCUT2D eigenvalue weighted by Gasteiger charge is 1.97. The van der Waals surface area contributed by atoms with Crippen LogP contribution in [0.5, 0.6) is 0 Å². The van der Waals surface area contributed by atoms with E-state index in [0.717, 1.165) is 21.8 Å². The van der Waals surface area contributed by atoms with Gasteiger partial charge in [0.2, 0.25) is 0 Å². The monoisotopic (exact) mass is 303 g/mol. The highest BCUT2D eigenvalue weighted by atomic mass is 79.9. The van der Waals surface area contributed by atoms with Crippen LogP contribution in [0.4, 0.5) is 5.69 Å². The molecule has 0 atom stereocenters. The molecule has 0 aliphatic carbocycles. The largest absolute Gasteiger partial charge is 0.0876 e. The Morgan fingerprint density at radius 3 is 2.08 bits per heavy atom. The summed E-state index contributed by atoms with van der Waals surface area (Å²) in [5.74, 6) is 0. The van der Waals surface area contributed by atoms with Crippen molar-refractivity contribution in [1.82, 2.24) is 0 Å². The number of azide groups is 1. The molecule has 0 fully saturated rings. The van der Waals surface area contributed by atoms with Gasteiger partial charge in [-0.1, -0.05) is 43.0 Å². The molecule has 0 spiro atoms. The number of hydrogen-bond acceptors (Lipinski definition) is 1. The fraction of sp³-hybridized carbons (Fsp3) is 0.250. The van der Waals surface area contributed by atoms with Crippen molar-refractivity contribution in [1.29, 1.82) is 0 Å². The van der Waals surface area contributed by atoms with Gasteiger partial charge in [-0.05, 0) is 28.8 Å². The summed E-state index contributed by atoms with van der Waals surface area (Å²) in [6.45, 7) is 0. The summed E-state index contributed by atoms with van der Waals surface area (Å²) < 4.78 is 0. The molecule has 0 saturated carbocycles. The number of benzene rings is 1. The van der Waals surface area contributed by atoms with E-state index in [-0.39, 0.29) is 0 Å². The average Bonchev–Trinajstić information content (AvgIpc) is 2.17. The van der Waals surface area contributed by atoms with Gasteiger partial charge in [0, 0.05) is 21.3 Å². The van der Waals surface area contributed by atoms with E-state index >= 15 is 0 Å². The van der Waals surface area contributed by atoms with Crippen molar-refractivity contribution >= 4 is 37.5 Å². The van der Waals surface area contributed by atoms with Gasteiger partial charge < -0.3 is 0 Å². The number of alkyl halides is 2. The van der Waals surface area contributed by atoms with E-state index < -0.39 is 0 Å². The zero-order valence-corrected chi connectivity index (χ0v) is 9.92. The van der Waals surface area contributed by atoms with Crippen LogP contribution in [-0.4, -0.2) is 0 Å². The molecule has 0 heterocycles. The molecule has 0 unspecified atom stereocenters. The van der Waals surface area contributed by atoms with E-state index in [0.29, 0.717) is 5.69 Å². The molecular formula is C8H7Br2N3. The number of rotatable bonds is 3. The molecule has 0 aromatic heterocycles. The quantitative estimate of drug-likeness (QED) is 0.343. The van der Waals surface area contributed by atoms with Crippen LogP contribution in [0.1, 0.15) is 11.1 Å². The first-order valence-corrected chi connectivity index (χ1v) is 5.84. The van der Waals surface area contributed by atoms with Gasteiger partial charge in [-0.3, -0.25) is 0 Å². The van der Waals surface area contributed by atoms with E-state index in [4.69, 9.17) is 5.53 Å². The third-order valence-corrected chi connectivity index (χ3v) is 2.80. The summed E-state index contributed by atoms with van der Waals surface area (Å²) >= 11 is 6.71. The molecule has 3 nitrogen and oxygen atoms in total. The van der Waals surface area contributed by atoms with Gasteiger partial charge in [-0.25, -0.2) is 0 Å². The molecule has 68 valence electrons. The van der Waals surface area contributed by atoms with Gasteiger partial charge in [0.05, 0.1) is 0 Å². The Bertz CT molecular complexity index is 323. The van der Waals surface area contributed by atoms with Crippen LogP contribution >= 0.6 is 31.9 Å². The van der Waals surface area contributed by atoms with Gasteiger partial charge in [-0.2, -0.15) is 0 Å². The van der Waals surface area contributed by atoms with Gasteiger partial charge in [0.25, 0.3) is 0 Å². The van der Waals surface area contributed by atoms with E-state index in [2.05, 4.69) is 48.0 Å². The molecule has 13 heavy (non-hydrogen) atoms. The average molecular weight is 305 g/mol. The molecule has 0 bridgehead atoms. The molecule has 5 heteroatoms. The van der Waals surface area contributed by atoms with Crippen LogP contribution in [0, 0.1) is 0 Å². The SMILES string of the molecule is [N-]=[N+]=Nc1cc(CBr)cc(CBr)c1. The lowest BCUT2D eigenvalue weighted by molar-refractivity contribution is 1.32. The molecule has 0 saturated heterocycles. The Morgan fingerprint density at radius 2 is 1.69 bits per heavy atom. The second-order valence-corrected chi connectivity index (χ2v) is 3.59. The van der Waals surface area contributed by atoms with E-state index in [1.807, 2.05) is 12.1 Å². The Morgan fingerprint density at radius 1 is 1.15 bits per heavy atom. The van der Waals surface area contributed by atoms with Crippen molar-refractivity contribution < 1.29 is 0 Å². The minimum Gasteiger partial charge on any atom is -0.0876 e. The zero-order valence-electron chi connectivity index (χ0n) is 6.74. The minimum absolute atomic E-state index is 0.661. The van der Waals surface area contributed by atoms with Crippen molar-refractivity contribution in [3.05, 3.63) is 39.8 Å². The first kappa shape index (κ1) is 10.6. The molecule has 0 radical (unpaired) electrons. The third-order valence-electron chi connectivity index (χ3n) is 1.51. The normalized spacial score (nSPS) is 9.38. The van der Waals surface area contributed by atoms with Gasteiger partial charge in [-0.15, -0.1) is 0 Å². The summed E-state index contributed by atoms with van der Waals surface area (Å²) in [7, 11) is 0. The molecule has 0 aliphatic rings. The number of halogens is 2. The van der Waals surface area contributed by atoms with Crippen molar-refractivity contribution in [3.63, 3.8) is 0 Å². The van der Waals surface area contributed by atoms with Crippen LogP contribution < -0.4 is 0 Å². The second-order valence-electron chi connectivity index (χ2n) is 2.46. The Labute approximate surface area is 93.0 Å². The van der Waals surface area contributed by atoms with Crippen LogP contribution in [0.3, 0.4) is 0 Å².